The van der Waals surface area contributed by atoms with E-state index in [0.29, 0.717) is 13.0 Å². The first-order valence-corrected chi connectivity index (χ1v) is 5.79. The van der Waals surface area contributed by atoms with Crippen LogP contribution in [0, 0.1) is 0 Å². The number of aliphatic hydroxyl groups is 1. The Morgan fingerprint density at radius 3 is 3.06 bits per heavy atom. The van der Waals surface area contributed by atoms with E-state index in [1.165, 1.54) is 0 Å². The van der Waals surface area contributed by atoms with E-state index in [4.69, 9.17) is 4.74 Å². The molecular weight excluding hydrogens is 206 g/mol. The van der Waals surface area contributed by atoms with Gasteiger partial charge in [-0.3, -0.25) is 0 Å². The van der Waals surface area contributed by atoms with Crippen molar-refractivity contribution in [3.05, 3.63) is 12.2 Å². The molecule has 5 nitrogen and oxygen atoms in total. The van der Waals surface area contributed by atoms with Crippen LogP contribution >= 0.6 is 0 Å². The lowest BCUT2D eigenvalue weighted by Gasteiger charge is -2.31. The Morgan fingerprint density at radius 2 is 2.44 bits per heavy atom. The average molecular weight is 225 g/mol. The Balaban J connectivity index is 2.10. The standard InChI is InChI=1S/C11H19N3O2/c1-9(2)14-10(12-8-13-14)6-11(15)4-3-5-16-7-11/h8-9,15H,3-7H2,1-2H3. The first-order valence-electron chi connectivity index (χ1n) is 5.79. The third-order valence-corrected chi connectivity index (χ3v) is 2.93. The molecule has 0 aliphatic carbocycles. The molecule has 0 saturated carbocycles. The minimum Gasteiger partial charge on any atom is -0.387 e. The number of nitrogens with zero attached hydrogens (tertiary/aromatic N) is 3. The molecule has 1 aromatic heterocycles. The van der Waals surface area contributed by atoms with Crippen molar-refractivity contribution in [1.82, 2.24) is 14.8 Å². The predicted molar refractivity (Wildman–Crippen MR) is 59.1 cm³/mol. The van der Waals surface area contributed by atoms with Crippen molar-refractivity contribution in [3.8, 4) is 0 Å². The van der Waals surface area contributed by atoms with Gasteiger partial charge >= 0.3 is 0 Å². The van der Waals surface area contributed by atoms with Crippen molar-refractivity contribution in [2.75, 3.05) is 13.2 Å². The van der Waals surface area contributed by atoms with Crippen molar-refractivity contribution in [2.45, 2.75) is 44.8 Å². The first-order chi connectivity index (χ1) is 7.61. The van der Waals surface area contributed by atoms with Crippen LogP contribution in [0.25, 0.3) is 0 Å². The summed E-state index contributed by atoms with van der Waals surface area (Å²) in [6.45, 7) is 5.26. The van der Waals surface area contributed by atoms with E-state index in [0.717, 1.165) is 25.3 Å². The fourth-order valence-electron chi connectivity index (χ4n) is 2.10. The van der Waals surface area contributed by atoms with E-state index < -0.39 is 5.60 Å². The SMILES string of the molecule is CC(C)n1ncnc1CC1(O)CCCOC1. The van der Waals surface area contributed by atoms with Crippen LogP contribution in [0.5, 0.6) is 0 Å². The van der Waals surface area contributed by atoms with Crippen LogP contribution in [0.1, 0.15) is 38.6 Å². The maximum absolute atomic E-state index is 10.3. The topological polar surface area (TPSA) is 60.2 Å². The summed E-state index contributed by atoms with van der Waals surface area (Å²) in [4.78, 5) is 4.21. The zero-order valence-electron chi connectivity index (χ0n) is 9.89. The second-order valence-electron chi connectivity index (χ2n) is 4.77. The molecule has 0 bridgehead atoms. The number of hydrogen-bond donors (Lipinski definition) is 1. The number of ether oxygens (including phenoxy) is 1. The summed E-state index contributed by atoms with van der Waals surface area (Å²) >= 11 is 0. The van der Waals surface area contributed by atoms with Gasteiger partial charge in [0.15, 0.2) is 0 Å². The van der Waals surface area contributed by atoms with Crippen LogP contribution in [-0.2, 0) is 11.2 Å². The van der Waals surface area contributed by atoms with Gasteiger partial charge in [0.05, 0.1) is 12.2 Å². The van der Waals surface area contributed by atoms with Crippen LogP contribution < -0.4 is 0 Å². The van der Waals surface area contributed by atoms with E-state index in [1.807, 2.05) is 4.68 Å². The van der Waals surface area contributed by atoms with Gasteiger partial charge in [-0.1, -0.05) is 0 Å². The van der Waals surface area contributed by atoms with Gasteiger partial charge in [0.2, 0.25) is 0 Å². The molecule has 1 unspecified atom stereocenters. The minimum atomic E-state index is -0.766. The van der Waals surface area contributed by atoms with Crippen molar-refractivity contribution < 1.29 is 9.84 Å². The highest BCUT2D eigenvalue weighted by molar-refractivity contribution is 4.96. The van der Waals surface area contributed by atoms with Gasteiger partial charge in [-0.15, -0.1) is 0 Å². The maximum atomic E-state index is 10.3. The van der Waals surface area contributed by atoms with E-state index in [1.54, 1.807) is 6.33 Å². The molecule has 90 valence electrons. The fourth-order valence-corrected chi connectivity index (χ4v) is 2.10. The highest BCUT2D eigenvalue weighted by Crippen LogP contribution is 2.23. The lowest BCUT2D eigenvalue weighted by molar-refractivity contribution is -0.0860. The Labute approximate surface area is 95.4 Å². The van der Waals surface area contributed by atoms with Gasteiger partial charge < -0.3 is 9.84 Å². The third-order valence-electron chi connectivity index (χ3n) is 2.93. The average Bonchev–Trinajstić information content (AvgIpc) is 2.66. The van der Waals surface area contributed by atoms with Gasteiger partial charge in [0.1, 0.15) is 12.2 Å². The summed E-state index contributed by atoms with van der Waals surface area (Å²) in [6.07, 6.45) is 3.75. The van der Waals surface area contributed by atoms with E-state index in [9.17, 15) is 5.11 Å². The third kappa shape index (κ3) is 2.41. The summed E-state index contributed by atoms with van der Waals surface area (Å²) in [5, 5.41) is 14.5. The molecule has 0 amide bonds. The Bertz CT molecular complexity index is 343. The van der Waals surface area contributed by atoms with Gasteiger partial charge in [-0.2, -0.15) is 5.10 Å². The molecule has 1 N–H and O–H groups in total. The maximum Gasteiger partial charge on any atom is 0.138 e. The molecule has 1 aliphatic heterocycles. The van der Waals surface area contributed by atoms with Gasteiger partial charge in [0.25, 0.3) is 0 Å². The fraction of sp³-hybridized carbons (Fsp3) is 0.818. The number of rotatable bonds is 3. The van der Waals surface area contributed by atoms with Gasteiger partial charge in [0, 0.05) is 19.1 Å². The molecule has 2 rings (SSSR count). The second kappa shape index (κ2) is 4.51. The Kier molecular flexibility index (Phi) is 3.25. The van der Waals surface area contributed by atoms with Crippen LogP contribution in [0.15, 0.2) is 6.33 Å². The normalized spacial score (nSPS) is 26.2. The molecule has 1 atom stereocenters. The second-order valence-corrected chi connectivity index (χ2v) is 4.77. The lowest BCUT2D eigenvalue weighted by atomic mass is 9.92. The van der Waals surface area contributed by atoms with Crippen molar-refractivity contribution in [2.24, 2.45) is 0 Å². The van der Waals surface area contributed by atoms with Crippen molar-refractivity contribution in [1.29, 1.82) is 0 Å². The zero-order chi connectivity index (χ0) is 11.6. The molecule has 0 aromatic carbocycles. The van der Waals surface area contributed by atoms with Crippen LogP contribution in [0.2, 0.25) is 0 Å². The highest BCUT2D eigenvalue weighted by atomic mass is 16.5. The van der Waals surface area contributed by atoms with E-state index >= 15 is 0 Å². The lowest BCUT2D eigenvalue weighted by Crippen LogP contribution is -2.41. The van der Waals surface area contributed by atoms with Gasteiger partial charge in [-0.05, 0) is 26.7 Å². The molecule has 0 radical (unpaired) electrons. The molecule has 0 spiro atoms. The molecule has 1 aromatic rings. The van der Waals surface area contributed by atoms with Crippen LogP contribution in [-0.4, -0.2) is 38.7 Å². The molecule has 16 heavy (non-hydrogen) atoms. The molecule has 1 fully saturated rings. The summed E-state index contributed by atoms with van der Waals surface area (Å²) in [7, 11) is 0. The minimum absolute atomic E-state index is 0.269. The summed E-state index contributed by atoms with van der Waals surface area (Å²) in [5.41, 5.74) is -0.766. The van der Waals surface area contributed by atoms with Crippen LogP contribution in [0.3, 0.4) is 0 Å². The summed E-state index contributed by atoms with van der Waals surface area (Å²) in [6, 6.07) is 0.269. The number of hydrogen-bond acceptors (Lipinski definition) is 4. The largest absolute Gasteiger partial charge is 0.387 e. The summed E-state index contributed by atoms with van der Waals surface area (Å²) in [5.74, 6) is 0.836. The quantitative estimate of drug-likeness (QED) is 0.831. The first kappa shape index (κ1) is 11.5. The van der Waals surface area contributed by atoms with Crippen LogP contribution in [0.4, 0.5) is 0 Å². The molecule has 2 heterocycles. The Morgan fingerprint density at radius 1 is 1.62 bits per heavy atom. The highest BCUT2D eigenvalue weighted by Gasteiger charge is 2.32. The van der Waals surface area contributed by atoms with Crippen molar-refractivity contribution >= 4 is 0 Å². The summed E-state index contributed by atoms with van der Waals surface area (Å²) < 4.78 is 7.18. The Hall–Kier alpha value is -0.940. The zero-order valence-corrected chi connectivity index (χ0v) is 9.89. The molecule has 1 aliphatic rings. The molecule has 5 heteroatoms. The number of aromatic nitrogens is 3. The van der Waals surface area contributed by atoms with E-state index in [-0.39, 0.29) is 6.04 Å². The van der Waals surface area contributed by atoms with Gasteiger partial charge in [-0.25, -0.2) is 9.67 Å². The molecule has 1 saturated heterocycles. The predicted octanol–water partition coefficient (Wildman–Crippen LogP) is 0.943. The smallest absolute Gasteiger partial charge is 0.138 e. The molecular formula is C11H19N3O2. The van der Waals surface area contributed by atoms with Crippen molar-refractivity contribution in [3.63, 3.8) is 0 Å². The van der Waals surface area contributed by atoms with E-state index in [2.05, 4.69) is 23.9 Å². The monoisotopic (exact) mass is 225 g/mol.